The van der Waals surface area contributed by atoms with Crippen molar-refractivity contribution in [1.29, 1.82) is 0 Å². The van der Waals surface area contributed by atoms with Gasteiger partial charge in [0, 0.05) is 21.7 Å². The zero-order valence-electron chi connectivity index (χ0n) is 18.9. The van der Waals surface area contributed by atoms with Crippen LogP contribution in [0.4, 0.5) is 5.69 Å². The molecule has 0 saturated carbocycles. The molecule has 2 heterocycles. The van der Waals surface area contributed by atoms with Crippen LogP contribution in [0, 0.1) is 6.92 Å². The average molecular weight is 510 g/mol. The Morgan fingerprint density at radius 1 is 1.21 bits per heavy atom. The number of carbonyl (C=O) groups excluding carboxylic acids is 1. The van der Waals surface area contributed by atoms with Gasteiger partial charge in [0.15, 0.2) is 5.16 Å². The van der Waals surface area contributed by atoms with E-state index in [0.717, 1.165) is 29.5 Å². The number of nitrogens with zero attached hydrogens (tertiary/aromatic N) is 1. The largest absolute Gasteiger partial charge is 0.325 e. The number of H-pyrrole nitrogens is 1. The number of nitrogens with one attached hydrogen (secondary N) is 2. The highest BCUT2D eigenvalue weighted by Gasteiger charge is 2.20. The summed E-state index contributed by atoms with van der Waals surface area (Å²) in [4.78, 5) is 34.0. The van der Waals surface area contributed by atoms with Crippen LogP contribution in [-0.2, 0) is 17.6 Å². The van der Waals surface area contributed by atoms with E-state index in [2.05, 4.69) is 33.5 Å². The summed E-state index contributed by atoms with van der Waals surface area (Å²) in [6, 6.07) is 11.9. The van der Waals surface area contributed by atoms with Crippen LogP contribution < -0.4 is 10.9 Å². The van der Waals surface area contributed by atoms with Gasteiger partial charge in [-0.1, -0.05) is 47.6 Å². The summed E-state index contributed by atoms with van der Waals surface area (Å²) in [6.07, 6.45) is 4.68. The van der Waals surface area contributed by atoms with E-state index in [4.69, 9.17) is 11.6 Å². The quantitative estimate of drug-likeness (QED) is 0.234. The van der Waals surface area contributed by atoms with Gasteiger partial charge in [0.25, 0.3) is 5.56 Å². The number of rotatable bonds is 5. The molecule has 1 atom stereocenters. The van der Waals surface area contributed by atoms with Crippen molar-refractivity contribution in [3.63, 3.8) is 0 Å². The number of hydrogen-bond donors (Lipinski definition) is 2. The predicted molar refractivity (Wildman–Crippen MR) is 142 cm³/mol. The van der Waals surface area contributed by atoms with Gasteiger partial charge in [0.1, 0.15) is 4.83 Å². The molecule has 0 bridgehead atoms. The number of amides is 1. The molecular formula is C26H24ClN3O2S2. The van der Waals surface area contributed by atoms with E-state index < -0.39 is 5.25 Å². The molecule has 4 aromatic rings. The molecular weight excluding hydrogens is 486 g/mol. The average Bonchev–Trinajstić information content (AvgIpc) is 3.26. The minimum absolute atomic E-state index is 0.181. The monoisotopic (exact) mass is 509 g/mol. The third kappa shape index (κ3) is 4.52. The number of aromatic nitrogens is 2. The second-order valence-electron chi connectivity index (χ2n) is 8.55. The van der Waals surface area contributed by atoms with Crippen molar-refractivity contribution in [2.45, 2.75) is 49.9 Å². The number of thioether (sulfide) groups is 1. The molecule has 1 aliphatic rings. The molecule has 1 unspecified atom stereocenters. The van der Waals surface area contributed by atoms with Crippen LogP contribution >= 0.6 is 34.7 Å². The van der Waals surface area contributed by atoms with Gasteiger partial charge in [-0.05, 0) is 73.9 Å². The molecule has 34 heavy (non-hydrogen) atoms. The second-order valence-corrected chi connectivity index (χ2v) is 11.1. The molecule has 2 aromatic heterocycles. The SMILES string of the molecule is Cc1c(Cl)cccc1NC(=O)C(C)Sc1nc2scc(-c3ccc4c(c3)CCCC4)c2c(=O)[nH]1. The Kier molecular flexibility index (Phi) is 6.51. The van der Waals surface area contributed by atoms with Crippen molar-refractivity contribution in [2.24, 2.45) is 0 Å². The first-order valence-corrected chi connectivity index (χ1v) is 13.4. The van der Waals surface area contributed by atoms with Gasteiger partial charge in [-0.15, -0.1) is 11.3 Å². The highest BCUT2D eigenvalue weighted by Crippen LogP contribution is 2.34. The van der Waals surface area contributed by atoms with E-state index in [1.165, 1.54) is 47.1 Å². The zero-order valence-corrected chi connectivity index (χ0v) is 21.3. The number of aromatic amines is 1. The first-order chi connectivity index (χ1) is 16.4. The standard InChI is InChI=1S/C26H24ClN3O2S2/c1-14-20(27)8-5-9-21(14)28-23(31)15(2)34-26-29-24(32)22-19(13-33-25(22)30-26)18-11-10-16-6-3-4-7-17(16)12-18/h5,8-13,15H,3-4,6-7H2,1-2H3,(H,28,31)(H,29,30,32). The minimum atomic E-state index is -0.459. The Morgan fingerprint density at radius 3 is 2.82 bits per heavy atom. The molecule has 0 spiro atoms. The molecule has 0 aliphatic heterocycles. The minimum Gasteiger partial charge on any atom is -0.325 e. The number of benzene rings is 2. The number of fused-ring (bicyclic) bond motifs is 2. The van der Waals surface area contributed by atoms with Gasteiger partial charge < -0.3 is 10.3 Å². The lowest BCUT2D eigenvalue weighted by atomic mass is 9.89. The molecule has 1 aliphatic carbocycles. The summed E-state index contributed by atoms with van der Waals surface area (Å²) in [5.74, 6) is -0.181. The Hall–Kier alpha value is -2.61. The van der Waals surface area contributed by atoms with Gasteiger partial charge in [-0.3, -0.25) is 9.59 Å². The fraction of sp³-hybridized carbons (Fsp3) is 0.269. The molecule has 174 valence electrons. The third-order valence-electron chi connectivity index (χ3n) is 6.26. The second kappa shape index (κ2) is 9.56. The number of aryl methyl sites for hydroxylation is 2. The van der Waals surface area contributed by atoms with Crippen LogP contribution in [0.2, 0.25) is 5.02 Å². The molecule has 0 fully saturated rings. The zero-order chi connectivity index (χ0) is 23.8. The summed E-state index contributed by atoms with van der Waals surface area (Å²) < 4.78 is 0. The molecule has 5 rings (SSSR count). The Bertz CT molecular complexity index is 1460. The molecule has 1 amide bonds. The number of hydrogen-bond acceptors (Lipinski definition) is 5. The lowest BCUT2D eigenvalue weighted by Crippen LogP contribution is -2.23. The summed E-state index contributed by atoms with van der Waals surface area (Å²) >= 11 is 8.84. The fourth-order valence-corrected chi connectivity index (χ4v) is 6.27. The summed E-state index contributed by atoms with van der Waals surface area (Å²) in [5, 5.41) is 6.10. The lowest BCUT2D eigenvalue weighted by molar-refractivity contribution is -0.115. The first kappa shape index (κ1) is 23.1. The Balaban J connectivity index is 1.38. The highest BCUT2D eigenvalue weighted by atomic mass is 35.5. The van der Waals surface area contributed by atoms with Crippen LogP contribution in [0.3, 0.4) is 0 Å². The van der Waals surface area contributed by atoms with Crippen molar-refractivity contribution < 1.29 is 4.79 Å². The van der Waals surface area contributed by atoms with Gasteiger partial charge in [0.2, 0.25) is 5.91 Å². The van der Waals surface area contributed by atoms with Gasteiger partial charge in [-0.25, -0.2) is 4.98 Å². The maximum atomic E-state index is 13.1. The van der Waals surface area contributed by atoms with Crippen molar-refractivity contribution >= 4 is 56.5 Å². The number of thiophene rings is 1. The Morgan fingerprint density at radius 2 is 2.00 bits per heavy atom. The smallest absolute Gasteiger partial charge is 0.260 e. The van der Waals surface area contributed by atoms with Crippen LogP contribution in [0.5, 0.6) is 0 Å². The summed E-state index contributed by atoms with van der Waals surface area (Å²) in [7, 11) is 0. The molecule has 2 aromatic carbocycles. The summed E-state index contributed by atoms with van der Waals surface area (Å²) in [6.45, 7) is 3.65. The van der Waals surface area contributed by atoms with Crippen LogP contribution in [-0.4, -0.2) is 21.1 Å². The van der Waals surface area contributed by atoms with Crippen molar-refractivity contribution in [3.05, 3.63) is 73.8 Å². The summed E-state index contributed by atoms with van der Waals surface area (Å²) in [5.41, 5.74) is 6.09. The third-order valence-corrected chi connectivity index (χ3v) is 8.53. The predicted octanol–water partition coefficient (Wildman–Crippen LogP) is 6.61. The number of anilines is 1. The molecule has 0 radical (unpaired) electrons. The van der Waals surface area contributed by atoms with Crippen LogP contribution in [0.1, 0.15) is 36.5 Å². The van der Waals surface area contributed by atoms with E-state index in [1.807, 2.05) is 18.4 Å². The van der Waals surface area contributed by atoms with Crippen LogP contribution in [0.15, 0.2) is 51.7 Å². The number of halogens is 1. The van der Waals surface area contributed by atoms with Gasteiger partial charge in [-0.2, -0.15) is 0 Å². The fourth-order valence-electron chi connectivity index (χ4n) is 4.30. The van der Waals surface area contributed by atoms with E-state index in [9.17, 15) is 9.59 Å². The molecule has 0 saturated heterocycles. The van der Waals surface area contributed by atoms with Crippen molar-refractivity contribution in [1.82, 2.24) is 9.97 Å². The molecule has 5 nitrogen and oxygen atoms in total. The lowest BCUT2D eigenvalue weighted by Gasteiger charge is -2.16. The van der Waals surface area contributed by atoms with Crippen molar-refractivity contribution in [2.75, 3.05) is 5.32 Å². The van der Waals surface area contributed by atoms with Gasteiger partial charge >= 0.3 is 0 Å². The maximum Gasteiger partial charge on any atom is 0.260 e. The Labute approximate surface area is 211 Å². The maximum absolute atomic E-state index is 13.1. The van der Waals surface area contributed by atoms with Gasteiger partial charge in [0.05, 0.1) is 10.6 Å². The van der Waals surface area contributed by atoms with Crippen LogP contribution in [0.25, 0.3) is 21.3 Å². The highest BCUT2D eigenvalue weighted by molar-refractivity contribution is 8.00. The normalized spacial score (nSPS) is 14.1. The van der Waals surface area contributed by atoms with E-state index in [-0.39, 0.29) is 11.5 Å². The van der Waals surface area contributed by atoms with E-state index >= 15 is 0 Å². The van der Waals surface area contributed by atoms with Crippen molar-refractivity contribution in [3.8, 4) is 11.1 Å². The topological polar surface area (TPSA) is 74.8 Å². The van der Waals surface area contributed by atoms with E-state index in [0.29, 0.717) is 26.1 Å². The molecule has 2 N–H and O–H groups in total. The molecule has 8 heteroatoms. The van der Waals surface area contributed by atoms with E-state index in [1.54, 1.807) is 19.1 Å². The number of carbonyl (C=O) groups is 1. The first-order valence-electron chi connectivity index (χ1n) is 11.3.